The van der Waals surface area contributed by atoms with Gasteiger partial charge in [0.05, 0.1) is 0 Å². The number of hydrogen-bond donors (Lipinski definition) is 2. The lowest BCUT2D eigenvalue weighted by molar-refractivity contribution is 0.0729. The lowest BCUT2D eigenvalue weighted by Gasteiger charge is -2.23. The first-order chi connectivity index (χ1) is 9.97. The van der Waals surface area contributed by atoms with Crippen LogP contribution in [0.2, 0.25) is 0 Å². The fraction of sp³-hybridized carbons (Fsp3) is 0.615. The van der Waals surface area contributed by atoms with E-state index in [4.69, 9.17) is 20.2 Å². The lowest BCUT2D eigenvalue weighted by atomic mass is 10.2. The van der Waals surface area contributed by atoms with Gasteiger partial charge < -0.3 is 25.1 Å². The first-order valence-corrected chi connectivity index (χ1v) is 6.68. The van der Waals surface area contributed by atoms with E-state index >= 15 is 0 Å². The summed E-state index contributed by atoms with van der Waals surface area (Å²) in [5.74, 6) is 0.602. The lowest BCUT2D eigenvalue weighted by Crippen LogP contribution is -2.37. The van der Waals surface area contributed by atoms with Crippen molar-refractivity contribution in [2.24, 2.45) is 16.8 Å². The standard InChI is InChI=1S/C13H22N4O4/c1-9(2)7-17(5-4-12(14)15-19)13(18)11-6-10(8-20-3)21-16-11/h6,9,19H,4-5,7-8H2,1-3H3,(H2,14,15). The quantitative estimate of drug-likeness (QED) is 0.321. The van der Waals surface area contributed by atoms with Crippen molar-refractivity contribution in [3.8, 4) is 0 Å². The van der Waals surface area contributed by atoms with Crippen molar-refractivity contribution in [2.45, 2.75) is 26.9 Å². The predicted octanol–water partition coefficient (Wildman–Crippen LogP) is 1.06. The summed E-state index contributed by atoms with van der Waals surface area (Å²) in [6.07, 6.45) is 0.289. The van der Waals surface area contributed by atoms with Crippen LogP contribution in [0, 0.1) is 5.92 Å². The van der Waals surface area contributed by atoms with Crippen LogP contribution < -0.4 is 5.73 Å². The number of ether oxygens (including phenoxy) is 1. The van der Waals surface area contributed by atoms with E-state index in [9.17, 15) is 4.79 Å². The van der Waals surface area contributed by atoms with Crippen molar-refractivity contribution < 1.29 is 19.3 Å². The normalized spacial score (nSPS) is 11.9. The fourth-order valence-electron chi connectivity index (χ4n) is 1.80. The highest BCUT2D eigenvalue weighted by Crippen LogP contribution is 2.10. The van der Waals surface area contributed by atoms with E-state index < -0.39 is 0 Å². The molecule has 0 aliphatic heterocycles. The molecule has 0 aliphatic carbocycles. The van der Waals surface area contributed by atoms with Crippen LogP contribution in [0.1, 0.15) is 36.5 Å². The summed E-state index contributed by atoms with van der Waals surface area (Å²) < 4.78 is 9.94. The van der Waals surface area contributed by atoms with Gasteiger partial charge in [0, 0.05) is 32.7 Å². The van der Waals surface area contributed by atoms with Gasteiger partial charge >= 0.3 is 0 Å². The molecule has 1 aromatic heterocycles. The van der Waals surface area contributed by atoms with Gasteiger partial charge in [-0.1, -0.05) is 24.2 Å². The third-order valence-corrected chi connectivity index (χ3v) is 2.70. The zero-order chi connectivity index (χ0) is 15.8. The van der Waals surface area contributed by atoms with Crippen molar-refractivity contribution in [1.29, 1.82) is 0 Å². The topological polar surface area (TPSA) is 114 Å². The van der Waals surface area contributed by atoms with Crippen LogP contribution in [0.15, 0.2) is 15.7 Å². The van der Waals surface area contributed by atoms with Crippen LogP contribution >= 0.6 is 0 Å². The molecule has 0 fully saturated rings. The SMILES string of the molecule is COCc1cc(C(=O)N(CCC(N)=NO)CC(C)C)no1. The van der Waals surface area contributed by atoms with Gasteiger partial charge in [-0.05, 0) is 5.92 Å². The Morgan fingerprint density at radius 2 is 2.33 bits per heavy atom. The van der Waals surface area contributed by atoms with Crippen LogP contribution in [0.4, 0.5) is 0 Å². The molecule has 8 nitrogen and oxygen atoms in total. The average molecular weight is 298 g/mol. The molecule has 1 aromatic rings. The minimum absolute atomic E-state index is 0.0804. The minimum Gasteiger partial charge on any atom is -0.409 e. The van der Waals surface area contributed by atoms with E-state index in [0.717, 1.165) is 0 Å². The molecule has 0 bridgehead atoms. The molecule has 0 radical (unpaired) electrons. The molecule has 1 rings (SSSR count). The first kappa shape index (κ1) is 17.0. The summed E-state index contributed by atoms with van der Waals surface area (Å²) in [5.41, 5.74) is 5.67. The van der Waals surface area contributed by atoms with E-state index in [1.54, 1.807) is 11.0 Å². The number of methoxy groups -OCH3 is 1. The summed E-state index contributed by atoms with van der Waals surface area (Å²) in [7, 11) is 1.53. The number of rotatable bonds is 8. The Kier molecular flexibility index (Phi) is 6.67. The Labute approximate surface area is 123 Å². The van der Waals surface area contributed by atoms with Gasteiger partial charge in [-0.2, -0.15) is 0 Å². The van der Waals surface area contributed by atoms with Gasteiger partial charge in [0.25, 0.3) is 5.91 Å². The number of carbonyl (C=O) groups is 1. The Morgan fingerprint density at radius 1 is 1.62 bits per heavy atom. The molecule has 0 aliphatic rings. The zero-order valence-corrected chi connectivity index (χ0v) is 12.6. The smallest absolute Gasteiger partial charge is 0.276 e. The summed E-state index contributed by atoms with van der Waals surface area (Å²) in [4.78, 5) is 14.0. The number of oxime groups is 1. The van der Waals surface area contributed by atoms with Gasteiger partial charge in [-0.3, -0.25) is 4.79 Å². The van der Waals surface area contributed by atoms with Crippen LogP contribution in [0.5, 0.6) is 0 Å². The summed E-state index contributed by atoms with van der Waals surface area (Å²) in [5, 5.41) is 15.2. The maximum atomic E-state index is 12.4. The molecular weight excluding hydrogens is 276 g/mol. The number of hydrogen-bond acceptors (Lipinski definition) is 6. The molecule has 1 heterocycles. The van der Waals surface area contributed by atoms with Crippen molar-refractivity contribution >= 4 is 11.7 Å². The summed E-state index contributed by atoms with van der Waals surface area (Å²) >= 11 is 0. The number of nitrogens with two attached hydrogens (primary N) is 1. The second kappa shape index (κ2) is 8.25. The molecule has 3 N–H and O–H groups in total. The van der Waals surface area contributed by atoms with Crippen LogP contribution in [0.25, 0.3) is 0 Å². The highest BCUT2D eigenvalue weighted by molar-refractivity contribution is 5.92. The van der Waals surface area contributed by atoms with Gasteiger partial charge in [-0.15, -0.1) is 0 Å². The third-order valence-electron chi connectivity index (χ3n) is 2.70. The van der Waals surface area contributed by atoms with Crippen molar-refractivity contribution in [3.63, 3.8) is 0 Å². The Balaban J connectivity index is 2.77. The summed E-state index contributed by atoms with van der Waals surface area (Å²) in [6, 6.07) is 1.56. The van der Waals surface area contributed by atoms with Gasteiger partial charge in [0.1, 0.15) is 12.4 Å². The second-order valence-corrected chi connectivity index (χ2v) is 5.10. The molecule has 21 heavy (non-hydrogen) atoms. The third kappa shape index (κ3) is 5.42. The van der Waals surface area contributed by atoms with Crippen molar-refractivity contribution in [1.82, 2.24) is 10.1 Å². The maximum Gasteiger partial charge on any atom is 0.276 e. The highest BCUT2D eigenvalue weighted by atomic mass is 16.5. The molecule has 0 saturated heterocycles. The van der Waals surface area contributed by atoms with Crippen LogP contribution in [0.3, 0.4) is 0 Å². The van der Waals surface area contributed by atoms with Gasteiger partial charge in [0.15, 0.2) is 11.5 Å². The maximum absolute atomic E-state index is 12.4. The fourth-order valence-corrected chi connectivity index (χ4v) is 1.80. The van der Waals surface area contributed by atoms with E-state index in [-0.39, 0.29) is 36.4 Å². The minimum atomic E-state index is -0.249. The molecule has 1 amide bonds. The monoisotopic (exact) mass is 298 g/mol. The molecule has 118 valence electrons. The molecule has 0 saturated carbocycles. The van der Waals surface area contributed by atoms with Crippen LogP contribution in [-0.4, -0.2) is 47.2 Å². The largest absolute Gasteiger partial charge is 0.409 e. The molecule has 0 spiro atoms. The number of amides is 1. The Hall–Kier alpha value is -2.09. The number of carbonyl (C=O) groups excluding carboxylic acids is 1. The molecule has 0 unspecified atom stereocenters. The Morgan fingerprint density at radius 3 is 2.90 bits per heavy atom. The van der Waals surface area contributed by atoms with E-state index in [1.165, 1.54) is 7.11 Å². The van der Waals surface area contributed by atoms with E-state index in [1.807, 2.05) is 13.8 Å². The predicted molar refractivity (Wildman–Crippen MR) is 76.0 cm³/mol. The Bertz CT molecular complexity index is 484. The van der Waals surface area contributed by atoms with Crippen LogP contribution in [-0.2, 0) is 11.3 Å². The molecular formula is C13H22N4O4. The second-order valence-electron chi connectivity index (χ2n) is 5.10. The average Bonchev–Trinajstić information content (AvgIpc) is 2.90. The molecule has 8 heteroatoms. The number of nitrogens with zero attached hydrogens (tertiary/aromatic N) is 3. The number of aromatic nitrogens is 1. The van der Waals surface area contributed by atoms with E-state index in [2.05, 4.69) is 10.3 Å². The zero-order valence-electron chi connectivity index (χ0n) is 12.6. The van der Waals surface area contributed by atoms with Crippen molar-refractivity contribution in [2.75, 3.05) is 20.2 Å². The van der Waals surface area contributed by atoms with E-state index in [0.29, 0.717) is 18.8 Å². The van der Waals surface area contributed by atoms with Crippen molar-refractivity contribution in [3.05, 3.63) is 17.5 Å². The molecule has 0 aromatic carbocycles. The summed E-state index contributed by atoms with van der Waals surface area (Å²) in [6.45, 7) is 5.16. The number of amidine groups is 1. The van der Waals surface area contributed by atoms with Gasteiger partial charge in [-0.25, -0.2) is 0 Å². The highest BCUT2D eigenvalue weighted by Gasteiger charge is 2.21. The first-order valence-electron chi connectivity index (χ1n) is 6.68. The van der Waals surface area contributed by atoms with Gasteiger partial charge in [0.2, 0.25) is 0 Å². The molecule has 0 atom stereocenters.